The molecule has 0 spiro atoms. The molecule has 2 N–H and O–H groups in total. The lowest BCUT2D eigenvalue weighted by Gasteiger charge is -2.26. The fourth-order valence-corrected chi connectivity index (χ4v) is 7.55. The van der Waals surface area contributed by atoms with Crippen molar-refractivity contribution in [2.75, 3.05) is 26.5 Å². The molecule has 0 aliphatic rings. The van der Waals surface area contributed by atoms with Crippen molar-refractivity contribution in [2.45, 2.75) is 86.2 Å². The largest absolute Gasteiger partial charge is 0.465 e. The number of hydrogen-bond acceptors (Lipinski definition) is 8. The number of allylic oxidation sites excluding steroid dienone is 1. The van der Waals surface area contributed by atoms with Crippen LogP contribution in [0.15, 0.2) is 36.9 Å². The van der Waals surface area contributed by atoms with E-state index in [1.807, 2.05) is 44.2 Å². The first-order valence-corrected chi connectivity index (χ1v) is 19.5. The second-order valence-electron chi connectivity index (χ2n) is 11.3. The van der Waals surface area contributed by atoms with Gasteiger partial charge in [0.2, 0.25) is 0 Å². The van der Waals surface area contributed by atoms with Crippen molar-refractivity contribution in [1.82, 2.24) is 10.2 Å². The van der Waals surface area contributed by atoms with Crippen LogP contribution in [-0.4, -0.2) is 50.6 Å². The molecule has 0 amide bonds. The molecule has 2 rings (SSSR count). The van der Waals surface area contributed by atoms with E-state index in [-0.39, 0.29) is 24.7 Å². The highest BCUT2D eigenvalue weighted by atomic mass is 31.2. The average Bonchev–Trinajstić information content (AvgIpc) is 2.92. The van der Waals surface area contributed by atoms with Crippen LogP contribution < -0.4 is 19.2 Å². The summed E-state index contributed by atoms with van der Waals surface area (Å²) in [6, 6.07) is 7.63. The molecule has 2 unspecified atom stereocenters. The van der Waals surface area contributed by atoms with Crippen LogP contribution in [-0.2, 0) is 34.6 Å². The molecule has 2 aromatic rings. The van der Waals surface area contributed by atoms with E-state index in [0.29, 0.717) is 17.5 Å². The molecule has 0 saturated heterocycles. The Bertz CT molecular complexity index is 1390. The summed E-state index contributed by atoms with van der Waals surface area (Å²) in [6.45, 7) is 19.7. The van der Waals surface area contributed by atoms with Gasteiger partial charge in [0.15, 0.2) is 0 Å². The highest BCUT2D eigenvalue weighted by Crippen LogP contribution is 2.52. The van der Waals surface area contributed by atoms with Crippen molar-refractivity contribution in [3.05, 3.63) is 53.6 Å². The zero-order valence-electron chi connectivity index (χ0n) is 28.2. The second-order valence-corrected chi connectivity index (χ2v) is 15.6. The Morgan fingerprint density at radius 3 is 1.76 bits per heavy atom. The van der Waals surface area contributed by atoms with Gasteiger partial charge in [0.25, 0.3) is 0 Å². The third-order valence-electron chi connectivity index (χ3n) is 6.78. The molecule has 4 atom stereocenters. The van der Waals surface area contributed by atoms with Gasteiger partial charge < -0.3 is 18.5 Å². The summed E-state index contributed by atoms with van der Waals surface area (Å²) in [4.78, 5) is 24.7. The van der Waals surface area contributed by atoms with E-state index in [4.69, 9.17) is 18.5 Å². The number of aryl methyl sites for hydroxylation is 2. The van der Waals surface area contributed by atoms with Crippen molar-refractivity contribution in [3.63, 3.8) is 0 Å². The van der Waals surface area contributed by atoms with Gasteiger partial charge in [-0.1, -0.05) is 55.7 Å². The number of carbonyl (C=O) groups excluding carboxylic acids is 2. The Labute approximate surface area is 268 Å². The molecule has 0 radical (unpaired) electrons. The minimum atomic E-state index is -3.69. The molecule has 0 heterocycles. The topological polar surface area (TPSA) is 129 Å². The molecular formula is C33H50N2O8P2. The Morgan fingerprint density at radius 2 is 1.33 bits per heavy atom. The van der Waals surface area contributed by atoms with Crippen molar-refractivity contribution < 1.29 is 37.2 Å². The first-order chi connectivity index (χ1) is 21.0. The number of unbranched alkanes of at least 4 members (excludes halogenated alkanes) is 2. The normalized spacial score (nSPS) is 15.2. The van der Waals surface area contributed by atoms with Crippen LogP contribution in [0.2, 0.25) is 0 Å². The SMILES string of the molecule is C=C(C)c1ccc(C)cc1-c1c(OP(C)(=O)N[C@@H](C)C(=O)OCC)cc(CCCCC)cc1OP(C)(=O)N[C@@H](C)C(=O)OCC. The third kappa shape index (κ3) is 11.8. The van der Waals surface area contributed by atoms with Gasteiger partial charge in [-0.15, -0.1) is 0 Å². The first-order valence-electron chi connectivity index (χ1n) is 15.4. The molecule has 2 aromatic carbocycles. The van der Waals surface area contributed by atoms with E-state index in [9.17, 15) is 18.7 Å². The smallest absolute Gasteiger partial charge is 0.323 e. The number of rotatable bonds is 18. The quantitative estimate of drug-likeness (QED) is 0.0921. The minimum Gasteiger partial charge on any atom is -0.465 e. The summed E-state index contributed by atoms with van der Waals surface area (Å²) >= 11 is 0. The van der Waals surface area contributed by atoms with Crippen molar-refractivity contribution >= 4 is 32.6 Å². The maximum absolute atomic E-state index is 13.9. The zero-order chi connectivity index (χ0) is 33.9. The second kappa shape index (κ2) is 17.1. The Hall–Kier alpha value is -2.90. The lowest BCUT2D eigenvalue weighted by molar-refractivity contribution is -0.145. The Kier molecular flexibility index (Phi) is 14.6. The summed E-state index contributed by atoms with van der Waals surface area (Å²) in [5.41, 5.74) is 4.38. The first kappa shape index (κ1) is 38.3. The lowest BCUT2D eigenvalue weighted by Crippen LogP contribution is -2.34. The molecule has 12 heteroatoms. The van der Waals surface area contributed by atoms with Crippen molar-refractivity contribution in [1.29, 1.82) is 0 Å². The van der Waals surface area contributed by atoms with Crippen LogP contribution in [0, 0.1) is 6.92 Å². The molecule has 0 aliphatic heterocycles. The van der Waals surface area contributed by atoms with E-state index >= 15 is 0 Å². The maximum Gasteiger partial charge on any atom is 0.323 e. The van der Waals surface area contributed by atoms with E-state index in [1.54, 1.807) is 27.7 Å². The molecule has 0 aliphatic carbocycles. The van der Waals surface area contributed by atoms with Gasteiger partial charge in [-0.2, -0.15) is 0 Å². The van der Waals surface area contributed by atoms with Gasteiger partial charge in [-0.25, -0.2) is 10.2 Å². The Balaban J connectivity index is 2.81. The van der Waals surface area contributed by atoms with Crippen LogP contribution >= 0.6 is 15.0 Å². The number of benzene rings is 2. The number of ether oxygens (including phenoxy) is 2. The van der Waals surface area contributed by atoms with Crippen LogP contribution in [0.5, 0.6) is 11.5 Å². The van der Waals surface area contributed by atoms with Gasteiger partial charge in [-0.05, 0) is 83.2 Å². The molecule has 0 bridgehead atoms. The summed E-state index contributed by atoms with van der Waals surface area (Å²) in [6.07, 6.45) is 3.53. The monoisotopic (exact) mass is 664 g/mol. The maximum atomic E-state index is 13.9. The van der Waals surface area contributed by atoms with E-state index in [0.717, 1.165) is 41.5 Å². The van der Waals surface area contributed by atoms with Gasteiger partial charge in [0.05, 0.1) is 18.8 Å². The molecule has 45 heavy (non-hydrogen) atoms. The van der Waals surface area contributed by atoms with E-state index < -0.39 is 39.1 Å². The predicted molar refractivity (Wildman–Crippen MR) is 181 cm³/mol. The highest BCUT2D eigenvalue weighted by Gasteiger charge is 2.31. The standard InChI is InChI=1S/C33H50N2O8P2/c1-11-14-15-16-26-20-29(42-44(9,38)34-24(7)32(36)40-12-2)31(28-19-23(6)17-18-27(28)22(4)5)30(21-26)43-45(10,39)35-25(8)33(37)41-13-3/h17-21,24-25H,4,11-16H2,1-3,5-10H3,(H,34,38)(H,35,39)/t24-,25-,44?,45?/m0/s1. The third-order valence-corrected chi connectivity index (χ3v) is 9.58. The van der Waals surface area contributed by atoms with Gasteiger partial charge >= 0.3 is 27.0 Å². The molecule has 0 fully saturated rings. The summed E-state index contributed by atoms with van der Waals surface area (Å²) in [7, 11) is -7.37. The molecule has 0 aromatic heterocycles. The van der Waals surface area contributed by atoms with Gasteiger partial charge in [-0.3, -0.25) is 18.7 Å². The highest BCUT2D eigenvalue weighted by molar-refractivity contribution is 7.56. The number of hydrogen-bond donors (Lipinski definition) is 2. The lowest BCUT2D eigenvalue weighted by atomic mass is 9.91. The van der Waals surface area contributed by atoms with E-state index in [1.165, 1.54) is 13.3 Å². The summed E-state index contributed by atoms with van der Waals surface area (Å²) in [5, 5.41) is 5.58. The number of carbonyl (C=O) groups is 2. The molecule has 0 saturated carbocycles. The Morgan fingerprint density at radius 1 is 0.844 bits per heavy atom. The van der Waals surface area contributed by atoms with Crippen LogP contribution in [0.25, 0.3) is 16.7 Å². The van der Waals surface area contributed by atoms with Crippen molar-refractivity contribution in [3.8, 4) is 22.6 Å². The van der Waals surface area contributed by atoms with Crippen LogP contribution in [0.3, 0.4) is 0 Å². The summed E-state index contributed by atoms with van der Waals surface area (Å²) in [5.74, 6) is -0.671. The fourth-order valence-electron chi connectivity index (χ4n) is 4.79. The number of esters is 2. The van der Waals surface area contributed by atoms with Crippen LogP contribution in [0.4, 0.5) is 0 Å². The summed E-state index contributed by atoms with van der Waals surface area (Å²) < 4.78 is 50.5. The minimum absolute atomic E-state index is 0.182. The average molecular weight is 665 g/mol. The van der Waals surface area contributed by atoms with Crippen LogP contribution in [0.1, 0.15) is 77.5 Å². The van der Waals surface area contributed by atoms with E-state index in [2.05, 4.69) is 23.7 Å². The predicted octanol–water partition coefficient (Wildman–Crippen LogP) is 7.91. The van der Waals surface area contributed by atoms with Crippen molar-refractivity contribution in [2.24, 2.45) is 0 Å². The van der Waals surface area contributed by atoms with Gasteiger partial charge in [0.1, 0.15) is 23.6 Å². The molecular weight excluding hydrogens is 614 g/mol. The van der Waals surface area contributed by atoms with Gasteiger partial charge in [0, 0.05) is 13.3 Å². The molecule has 10 nitrogen and oxygen atoms in total. The zero-order valence-corrected chi connectivity index (χ0v) is 29.9. The fraction of sp³-hybridized carbons (Fsp3) is 0.515. The number of nitrogens with one attached hydrogen (secondary N) is 2. The molecule has 250 valence electrons.